The first-order valence-corrected chi connectivity index (χ1v) is 14.1. The SMILES string of the molecule is CSC(=N)C[C@H](CCN1CCCC(F)(F)C1)NC(=O)C(N)=CC(=NC1CCCC1)c1ccccc1Cl. The number of likely N-dealkylation sites (tertiary alicyclic amines) is 1. The van der Waals surface area contributed by atoms with Gasteiger partial charge in [0.15, 0.2) is 0 Å². The summed E-state index contributed by atoms with van der Waals surface area (Å²) in [6.45, 7) is 0.755. The molecular formula is C26H36ClF2N5OS. The number of aliphatic imine (C=N–C) groups is 1. The average molecular weight is 540 g/mol. The molecule has 1 aromatic carbocycles. The Bertz CT molecular complexity index is 981. The highest BCUT2D eigenvalue weighted by Gasteiger charge is 2.35. The van der Waals surface area contributed by atoms with E-state index >= 15 is 0 Å². The van der Waals surface area contributed by atoms with E-state index in [0.29, 0.717) is 53.7 Å². The Labute approximate surface area is 221 Å². The van der Waals surface area contributed by atoms with Crippen LogP contribution in [-0.4, -0.2) is 65.5 Å². The molecule has 0 spiro atoms. The summed E-state index contributed by atoms with van der Waals surface area (Å²) in [7, 11) is 0. The Morgan fingerprint density at radius 2 is 2.08 bits per heavy atom. The summed E-state index contributed by atoms with van der Waals surface area (Å²) in [5.41, 5.74) is 7.51. The predicted octanol–water partition coefficient (Wildman–Crippen LogP) is 5.25. The summed E-state index contributed by atoms with van der Waals surface area (Å²) in [6, 6.07) is 7.11. The van der Waals surface area contributed by atoms with Crippen LogP contribution in [0.3, 0.4) is 0 Å². The third-order valence-corrected chi connectivity index (χ3v) is 7.62. The van der Waals surface area contributed by atoms with Crippen molar-refractivity contribution in [3.8, 4) is 0 Å². The smallest absolute Gasteiger partial charge is 0.267 e. The summed E-state index contributed by atoms with van der Waals surface area (Å²) < 4.78 is 27.6. The lowest BCUT2D eigenvalue weighted by molar-refractivity contribution is -0.118. The molecule has 6 nitrogen and oxygen atoms in total. The number of nitrogens with two attached hydrogens (primary N) is 1. The quantitative estimate of drug-likeness (QED) is 0.215. The Morgan fingerprint density at radius 1 is 1.36 bits per heavy atom. The molecular weight excluding hydrogens is 504 g/mol. The molecule has 3 rings (SSSR count). The van der Waals surface area contributed by atoms with E-state index in [1.165, 1.54) is 11.8 Å². The lowest BCUT2D eigenvalue weighted by atomic mass is 10.0. The molecule has 1 saturated heterocycles. The molecule has 4 N–H and O–H groups in total. The Hall–Kier alpha value is -1.97. The number of rotatable bonds is 10. The van der Waals surface area contributed by atoms with Gasteiger partial charge in [-0.3, -0.25) is 20.1 Å². The van der Waals surface area contributed by atoms with E-state index in [1.54, 1.807) is 23.3 Å². The van der Waals surface area contributed by atoms with Crippen LogP contribution in [0.25, 0.3) is 0 Å². The number of carbonyl (C=O) groups excluding carboxylic acids is 1. The van der Waals surface area contributed by atoms with Crippen LogP contribution in [-0.2, 0) is 4.79 Å². The van der Waals surface area contributed by atoms with E-state index in [0.717, 1.165) is 25.7 Å². The van der Waals surface area contributed by atoms with Crippen molar-refractivity contribution in [3.05, 3.63) is 46.6 Å². The fraction of sp³-hybridized carbons (Fsp3) is 0.577. The molecule has 0 bridgehead atoms. The molecule has 10 heteroatoms. The maximum atomic E-state index is 13.8. The van der Waals surface area contributed by atoms with Crippen molar-refractivity contribution in [2.24, 2.45) is 10.7 Å². The molecule has 1 atom stereocenters. The van der Waals surface area contributed by atoms with Crippen molar-refractivity contribution in [2.75, 3.05) is 25.9 Å². The lowest BCUT2D eigenvalue weighted by Gasteiger charge is -2.33. The van der Waals surface area contributed by atoms with Gasteiger partial charge in [0.25, 0.3) is 11.8 Å². The molecule has 198 valence electrons. The monoisotopic (exact) mass is 539 g/mol. The first kappa shape index (κ1) is 28.6. The third kappa shape index (κ3) is 8.85. The van der Waals surface area contributed by atoms with Crippen molar-refractivity contribution in [2.45, 2.75) is 69.4 Å². The number of allylic oxidation sites excluding steroid dienone is 1. The molecule has 1 heterocycles. The molecule has 2 aliphatic rings. The largest absolute Gasteiger partial charge is 0.394 e. The predicted molar refractivity (Wildman–Crippen MR) is 146 cm³/mol. The summed E-state index contributed by atoms with van der Waals surface area (Å²) in [4.78, 5) is 19.7. The minimum absolute atomic E-state index is 0.00291. The zero-order valence-corrected chi connectivity index (χ0v) is 22.3. The van der Waals surface area contributed by atoms with Crippen molar-refractivity contribution in [3.63, 3.8) is 0 Å². The van der Waals surface area contributed by atoms with Crippen molar-refractivity contribution < 1.29 is 13.6 Å². The van der Waals surface area contributed by atoms with E-state index in [1.807, 2.05) is 18.2 Å². The number of amides is 1. The summed E-state index contributed by atoms with van der Waals surface area (Å²) in [5, 5.41) is 11.9. The van der Waals surface area contributed by atoms with Gasteiger partial charge in [-0.25, -0.2) is 8.78 Å². The molecule has 1 saturated carbocycles. The fourth-order valence-corrected chi connectivity index (χ4v) is 5.27. The van der Waals surface area contributed by atoms with E-state index in [2.05, 4.69) is 5.32 Å². The lowest BCUT2D eigenvalue weighted by Crippen LogP contribution is -2.45. The number of alkyl halides is 2. The Balaban J connectivity index is 1.73. The number of carbonyl (C=O) groups is 1. The van der Waals surface area contributed by atoms with Crippen LogP contribution < -0.4 is 11.1 Å². The van der Waals surface area contributed by atoms with Gasteiger partial charge in [0.2, 0.25) is 0 Å². The van der Waals surface area contributed by atoms with Crippen LogP contribution in [0.2, 0.25) is 5.02 Å². The minimum atomic E-state index is -2.68. The summed E-state index contributed by atoms with van der Waals surface area (Å²) in [6.07, 6.45) is 8.72. The van der Waals surface area contributed by atoms with Crippen molar-refractivity contribution >= 4 is 40.0 Å². The first-order chi connectivity index (χ1) is 17.2. The fourth-order valence-electron chi connectivity index (χ4n) is 4.67. The number of hydrogen-bond donors (Lipinski definition) is 3. The molecule has 1 aliphatic carbocycles. The molecule has 0 radical (unpaired) electrons. The number of benzene rings is 1. The van der Waals surface area contributed by atoms with Gasteiger partial charge in [0.05, 0.1) is 29.0 Å². The molecule has 1 amide bonds. The van der Waals surface area contributed by atoms with Crippen LogP contribution in [0.1, 0.15) is 56.9 Å². The highest BCUT2D eigenvalue weighted by atomic mass is 35.5. The number of piperidine rings is 1. The van der Waals surface area contributed by atoms with Gasteiger partial charge >= 0.3 is 0 Å². The Kier molecular flexibility index (Phi) is 10.8. The number of hydrogen-bond acceptors (Lipinski definition) is 6. The van der Waals surface area contributed by atoms with Gasteiger partial charge in [-0.2, -0.15) is 0 Å². The first-order valence-electron chi connectivity index (χ1n) is 12.5. The van der Waals surface area contributed by atoms with E-state index < -0.39 is 17.9 Å². The molecule has 36 heavy (non-hydrogen) atoms. The Morgan fingerprint density at radius 3 is 2.75 bits per heavy atom. The number of halogens is 3. The van der Waals surface area contributed by atoms with Gasteiger partial charge in [-0.15, -0.1) is 11.8 Å². The van der Waals surface area contributed by atoms with Crippen LogP contribution in [0, 0.1) is 5.41 Å². The molecule has 2 fully saturated rings. The van der Waals surface area contributed by atoms with E-state index in [-0.39, 0.29) is 24.7 Å². The van der Waals surface area contributed by atoms with Crippen LogP contribution >= 0.6 is 23.4 Å². The van der Waals surface area contributed by atoms with Gasteiger partial charge in [-0.05, 0) is 50.6 Å². The van der Waals surface area contributed by atoms with Crippen LogP contribution in [0.4, 0.5) is 8.78 Å². The molecule has 0 unspecified atom stereocenters. The van der Waals surface area contributed by atoms with Gasteiger partial charge in [0.1, 0.15) is 0 Å². The molecule has 1 aliphatic heterocycles. The summed E-state index contributed by atoms with van der Waals surface area (Å²) in [5.74, 6) is -3.15. The molecule has 0 aromatic heterocycles. The maximum Gasteiger partial charge on any atom is 0.267 e. The summed E-state index contributed by atoms with van der Waals surface area (Å²) >= 11 is 7.72. The molecule has 1 aromatic rings. The van der Waals surface area contributed by atoms with Gasteiger partial charge < -0.3 is 11.1 Å². The van der Waals surface area contributed by atoms with Gasteiger partial charge in [0, 0.05) is 36.0 Å². The van der Waals surface area contributed by atoms with E-state index in [4.69, 9.17) is 27.7 Å². The second-order valence-electron chi connectivity index (χ2n) is 9.56. The highest BCUT2D eigenvalue weighted by Crippen LogP contribution is 2.27. The third-order valence-electron chi connectivity index (χ3n) is 6.63. The standard InChI is InChI=1S/C26H36ClF2N5OS/c1-36-24(31)15-19(11-14-34-13-6-12-26(28,29)17-34)33-25(35)22(30)16-23(32-18-7-2-3-8-18)20-9-4-5-10-21(20)27/h4-5,9-10,16,18-19,31H,2-3,6-8,11-15,17,30H2,1H3,(H,33,35)/t19-/m0/s1. The number of nitrogens with zero attached hydrogens (tertiary/aromatic N) is 2. The van der Waals surface area contributed by atoms with E-state index in [9.17, 15) is 13.6 Å². The zero-order valence-electron chi connectivity index (χ0n) is 20.7. The average Bonchev–Trinajstić information content (AvgIpc) is 3.35. The van der Waals surface area contributed by atoms with Crippen LogP contribution in [0.15, 0.2) is 41.0 Å². The maximum absolute atomic E-state index is 13.8. The zero-order chi connectivity index (χ0) is 26.1. The normalized spacial score (nSPS) is 20.3. The number of nitrogens with one attached hydrogen (secondary N) is 2. The van der Waals surface area contributed by atoms with Crippen LogP contribution in [0.5, 0.6) is 0 Å². The van der Waals surface area contributed by atoms with Crippen molar-refractivity contribution in [1.82, 2.24) is 10.2 Å². The number of thioether (sulfide) groups is 1. The second kappa shape index (κ2) is 13.5. The second-order valence-corrected chi connectivity index (χ2v) is 10.9. The highest BCUT2D eigenvalue weighted by molar-refractivity contribution is 8.13. The van der Waals surface area contributed by atoms with Gasteiger partial charge in [-0.1, -0.05) is 42.6 Å². The van der Waals surface area contributed by atoms with Crippen molar-refractivity contribution in [1.29, 1.82) is 5.41 Å². The topological polar surface area (TPSA) is 94.6 Å². The minimum Gasteiger partial charge on any atom is -0.394 e.